The third-order valence-corrected chi connectivity index (χ3v) is 8.14. The fourth-order valence-corrected chi connectivity index (χ4v) is 5.86. The minimum Gasteiger partial charge on any atom is -0.497 e. The molecule has 2 aliphatic rings. The van der Waals surface area contributed by atoms with Crippen LogP contribution < -0.4 is 4.74 Å². The summed E-state index contributed by atoms with van der Waals surface area (Å²) in [7, 11) is 1.67. The Morgan fingerprint density at radius 3 is 2.64 bits per heavy atom. The molecular formula is C25H30N4O2S2. The van der Waals surface area contributed by atoms with E-state index in [0.717, 1.165) is 28.7 Å². The maximum atomic E-state index is 13.5. The van der Waals surface area contributed by atoms with E-state index in [0.29, 0.717) is 24.3 Å². The van der Waals surface area contributed by atoms with Crippen LogP contribution in [-0.4, -0.2) is 44.5 Å². The van der Waals surface area contributed by atoms with Crippen LogP contribution in [-0.2, 0) is 17.8 Å². The summed E-state index contributed by atoms with van der Waals surface area (Å²) in [5.41, 5.74) is 1.10. The monoisotopic (exact) mass is 482 g/mol. The highest BCUT2D eigenvalue weighted by Gasteiger charge is 2.36. The van der Waals surface area contributed by atoms with Crippen LogP contribution in [0, 0.1) is 0 Å². The Morgan fingerprint density at radius 2 is 2.00 bits per heavy atom. The first-order chi connectivity index (χ1) is 16.1. The third-order valence-electron chi connectivity index (χ3n) is 6.31. The van der Waals surface area contributed by atoms with E-state index in [-0.39, 0.29) is 11.9 Å². The maximum absolute atomic E-state index is 13.5. The van der Waals surface area contributed by atoms with Crippen molar-refractivity contribution in [3.05, 3.63) is 58.0 Å². The fourth-order valence-electron chi connectivity index (χ4n) is 4.14. The molecule has 0 saturated heterocycles. The van der Waals surface area contributed by atoms with Crippen LogP contribution in [0.2, 0.25) is 0 Å². The van der Waals surface area contributed by atoms with Gasteiger partial charge >= 0.3 is 0 Å². The van der Waals surface area contributed by atoms with Crippen molar-refractivity contribution in [3.8, 4) is 5.75 Å². The number of hydrogen-bond donors (Lipinski definition) is 0. The molecule has 2 aliphatic carbocycles. The summed E-state index contributed by atoms with van der Waals surface area (Å²) in [5, 5.41) is 12.0. The van der Waals surface area contributed by atoms with Gasteiger partial charge < -0.3 is 14.2 Å². The number of thioether (sulfide) groups is 1. The zero-order chi connectivity index (χ0) is 22.8. The van der Waals surface area contributed by atoms with Crippen LogP contribution in [0.25, 0.3) is 0 Å². The zero-order valence-corrected chi connectivity index (χ0v) is 20.8. The summed E-state index contributed by atoms with van der Waals surface area (Å²) in [4.78, 5) is 16.8. The van der Waals surface area contributed by atoms with Gasteiger partial charge in [-0.3, -0.25) is 4.79 Å². The molecule has 0 bridgehead atoms. The van der Waals surface area contributed by atoms with E-state index in [1.165, 1.54) is 30.6 Å². The Hall–Kier alpha value is -2.32. The van der Waals surface area contributed by atoms with Gasteiger partial charge in [0.1, 0.15) is 11.6 Å². The van der Waals surface area contributed by atoms with E-state index in [4.69, 9.17) is 4.74 Å². The standard InChI is InChI=1S/C25H30N4O2S2/c1-17(14-22-4-3-13-32-22)28(15-18-5-11-21(31-2)12-6-18)23(30)16-33-25-27-26-24(19-7-8-19)29(25)20-9-10-20/h3-6,11-13,17,19-20H,7-10,14-16H2,1-2H3/t17-/m1/s1. The van der Waals surface area contributed by atoms with E-state index in [1.807, 2.05) is 29.2 Å². The lowest BCUT2D eigenvalue weighted by Gasteiger charge is -2.29. The van der Waals surface area contributed by atoms with Gasteiger partial charge in [-0.15, -0.1) is 21.5 Å². The summed E-state index contributed by atoms with van der Waals surface area (Å²) in [6, 6.07) is 12.8. The number of amides is 1. The van der Waals surface area contributed by atoms with Gasteiger partial charge in [0.05, 0.1) is 12.9 Å². The molecule has 2 aromatic heterocycles. The van der Waals surface area contributed by atoms with Crippen LogP contribution >= 0.6 is 23.1 Å². The first-order valence-corrected chi connectivity index (χ1v) is 13.5. The summed E-state index contributed by atoms with van der Waals surface area (Å²) in [6.45, 7) is 2.72. The van der Waals surface area contributed by atoms with Crippen LogP contribution in [0.3, 0.4) is 0 Å². The van der Waals surface area contributed by atoms with Gasteiger partial charge in [0.15, 0.2) is 5.16 Å². The highest BCUT2D eigenvalue weighted by molar-refractivity contribution is 7.99. The molecule has 33 heavy (non-hydrogen) atoms. The molecule has 0 unspecified atom stereocenters. The van der Waals surface area contributed by atoms with E-state index in [9.17, 15) is 4.79 Å². The number of methoxy groups -OCH3 is 1. The molecule has 2 saturated carbocycles. The number of aromatic nitrogens is 3. The number of carbonyl (C=O) groups excluding carboxylic acids is 1. The second-order valence-corrected chi connectivity index (χ2v) is 11.0. The van der Waals surface area contributed by atoms with Gasteiger partial charge in [-0.2, -0.15) is 0 Å². The van der Waals surface area contributed by atoms with Crippen molar-refractivity contribution in [2.45, 2.75) is 68.7 Å². The lowest BCUT2D eigenvalue weighted by Crippen LogP contribution is -2.40. The summed E-state index contributed by atoms with van der Waals surface area (Å²) >= 11 is 3.28. The topological polar surface area (TPSA) is 60.2 Å². The van der Waals surface area contributed by atoms with Crippen LogP contribution in [0.5, 0.6) is 5.75 Å². The van der Waals surface area contributed by atoms with E-state index >= 15 is 0 Å². The van der Waals surface area contributed by atoms with E-state index < -0.39 is 0 Å². The number of nitrogens with zero attached hydrogens (tertiary/aromatic N) is 4. The van der Waals surface area contributed by atoms with Crippen molar-refractivity contribution in [1.82, 2.24) is 19.7 Å². The predicted octanol–water partition coefficient (Wildman–Crippen LogP) is 5.31. The summed E-state index contributed by atoms with van der Waals surface area (Å²) < 4.78 is 7.61. The van der Waals surface area contributed by atoms with Crippen molar-refractivity contribution in [2.24, 2.45) is 0 Å². The SMILES string of the molecule is COc1ccc(CN(C(=O)CSc2nnc(C3CC3)n2C2CC2)[C@H](C)Cc2cccs2)cc1. The van der Waals surface area contributed by atoms with Crippen molar-refractivity contribution in [1.29, 1.82) is 0 Å². The summed E-state index contributed by atoms with van der Waals surface area (Å²) in [5.74, 6) is 3.04. The minimum absolute atomic E-state index is 0.0992. The Kier molecular flexibility index (Phi) is 6.74. The molecular weight excluding hydrogens is 452 g/mol. The molecule has 0 radical (unpaired) electrons. The Morgan fingerprint density at radius 1 is 1.21 bits per heavy atom. The zero-order valence-electron chi connectivity index (χ0n) is 19.1. The molecule has 0 aliphatic heterocycles. The molecule has 0 spiro atoms. The van der Waals surface area contributed by atoms with Crippen molar-refractivity contribution >= 4 is 29.0 Å². The average molecular weight is 483 g/mol. The van der Waals surface area contributed by atoms with Crippen LogP contribution in [0.4, 0.5) is 0 Å². The molecule has 1 aromatic carbocycles. The quantitative estimate of drug-likeness (QED) is 0.347. The first kappa shape index (κ1) is 22.5. The van der Waals surface area contributed by atoms with Crippen LogP contribution in [0.1, 0.15) is 60.8 Å². The lowest BCUT2D eigenvalue weighted by molar-refractivity contribution is -0.131. The number of benzene rings is 1. The van der Waals surface area contributed by atoms with E-state index in [1.54, 1.807) is 30.2 Å². The van der Waals surface area contributed by atoms with Gasteiger partial charge in [0.25, 0.3) is 0 Å². The smallest absolute Gasteiger partial charge is 0.233 e. The third kappa shape index (κ3) is 5.44. The second kappa shape index (κ2) is 9.89. The lowest BCUT2D eigenvalue weighted by atomic mass is 10.1. The molecule has 3 aromatic rings. The average Bonchev–Trinajstić information content (AvgIpc) is 3.76. The maximum Gasteiger partial charge on any atom is 0.233 e. The number of rotatable bonds is 11. The van der Waals surface area contributed by atoms with Crippen molar-refractivity contribution in [2.75, 3.05) is 12.9 Å². The largest absolute Gasteiger partial charge is 0.497 e. The fraction of sp³-hybridized carbons (Fsp3) is 0.480. The number of hydrogen-bond acceptors (Lipinski definition) is 6. The molecule has 8 heteroatoms. The second-order valence-electron chi connectivity index (χ2n) is 9.01. The normalized spacial score (nSPS) is 16.5. The van der Waals surface area contributed by atoms with Crippen molar-refractivity contribution in [3.63, 3.8) is 0 Å². The predicted molar refractivity (Wildman–Crippen MR) is 132 cm³/mol. The molecule has 5 rings (SSSR count). The van der Waals surface area contributed by atoms with Gasteiger partial charge in [-0.1, -0.05) is 30.0 Å². The van der Waals surface area contributed by atoms with Gasteiger partial charge in [-0.25, -0.2) is 0 Å². The van der Waals surface area contributed by atoms with Gasteiger partial charge in [0, 0.05) is 35.8 Å². The number of thiophene rings is 1. The highest BCUT2D eigenvalue weighted by Crippen LogP contribution is 2.46. The summed E-state index contributed by atoms with van der Waals surface area (Å²) in [6.07, 6.45) is 5.67. The molecule has 0 N–H and O–H groups in total. The molecule has 6 nitrogen and oxygen atoms in total. The number of ether oxygens (including phenoxy) is 1. The Labute approximate surface area is 203 Å². The number of carbonyl (C=O) groups is 1. The molecule has 2 fully saturated rings. The van der Waals surface area contributed by atoms with Crippen molar-refractivity contribution < 1.29 is 9.53 Å². The minimum atomic E-state index is 0.0992. The van der Waals surface area contributed by atoms with E-state index in [2.05, 4.69) is 39.2 Å². The Bertz CT molecular complexity index is 1070. The van der Waals surface area contributed by atoms with Gasteiger partial charge in [-0.05, 0) is 61.7 Å². The van der Waals surface area contributed by atoms with Crippen LogP contribution in [0.15, 0.2) is 46.9 Å². The van der Waals surface area contributed by atoms with Gasteiger partial charge in [0.2, 0.25) is 5.91 Å². The molecule has 1 atom stereocenters. The first-order valence-electron chi connectivity index (χ1n) is 11.6. The Balaban J connectivity index is 1.30. The molecule has 174 valence electrons. The molecule has 2 heterocycles. The highest BCUT2D eigenvalue weighted by atomic mass is 32.2. The molecule has 1 amide bonds.